The number of hydrogen-bond donors (Lipinski definition) is 2. The summed E-state index contributed by atoms with van der Waals surface area (Å²) in [6.45, 7) is 6.19. The molecule has 1 aliphatic heterocycles. The van der Waals surface area contributed by atoms with Crippen LogP contribution in [0.4, 0.5) is 21.9 Å². The smallest absolute Gasteiger partial charge is 0.331 e. The molecule has 4 amide bonds. The minimum atomic E-state index is -0.419. The van der Waals surface area contributed by atoms with E-state index >= 15 is 0 Å². The fourth-order valence-corrected chi connectivity index (χ4v) is 6.37. The number of ether oxygens (including phenoxy) is 1. The fourth-order valence-electron chi connectivity index (χ4n) is 5.35. The number of aromatic nitrogens is 1. The molecule has 1 fully saturated rings. The van der Waals surface area contributed by atoms with Crippen molar-refractivity contribution >= 4 is 56.5 Å². The van der Waals surface area contributed by atoms with Gasteiger partial charge in [0.15, 0.2) is 0 Å². The molecule has 0 radical (unpaired) electrons. The van der Waals surface area contributed by atoms with Crippen LogP contribution >= 0.6 is 11.3 Å². The molecule has 2 aliphatic rings. The molecule has 11 heteroatoms. The zero-order chi connectivity index (χ0) is 31.7. The summed E-state index contributed by atoms with van der Waals surface area (Å²) >= 11 is 1.19. The summed E-state index contributed by atoms with van der Waals surface area (Å²) in [7, 11) is 0. The summed E-state index contributed by atoms with van der Waals surface area (Å²) in [5.74, 6) is 0.837. The van der Waals surface area contributed by atoms with Crippen LogP contribution in [-0.2, 0) is 4.79 Å². The van der Waals surface area contributed by atoms with Crippen LogP contribution in [0.1, 0.15) is 41.9 Å². The third-order valence-electron chi connectivity index (χ3n) is 7.77. The summed E-state index contributed by atoms with van der Waals surface area (Å²) in [4.78, 5) is 48.8. The van der Waals surface area contributed by atoms with Gasteiger partial charge in [-0.05, 0) is 69.4 Å². The number of anilines is 3. The Morgan fingerprint density at radius 2 is 1.98 bits per heavy atom. The third-order valence-corrected chi connectivity index (χ3v) is 8.87. The van der Waals surface area contributed by atoms with Crippen LogP contribution in [0.3, 0.4) is 0 Å². The van der Waals surface area contributed by atoms with Gasteiger partial charge in [0.25, 0.3) is 11.8 Å². The number of rotatable bonds is 10. The number of hydrogen-bond acceptors (Lipinski definition) is 7. The Morgan fingerprint density at radius 3 is 2.69 bits per heavy atom. The molecule has 45 heavy (non-hydrogen) atoms. The van der Waals surface area contributed by atoms with Crippen molar-refractivity contribution in [2.75, 3.05) is 23.3 Å². The fraction of sp³-hybridized carbons (Fsp3) is 0.265. The van der Waals surface area contributed by atoms with Gasteiger partial charge >= 0.3 is 6.03 Å². The van der Waals surface area contributed by atoms with Crippen molar-refractivity contribution in [3.05, 3.63) is 82.9 Å². The second-order valence-corrected chi connectivity index (χ2v) is 12.2. The number of likely N-dealkylation sites (N-methyl/N-ethyl adjacent to an activating group) is 1. The van der Waals surface area contributed by atoms with Crippen molar-refractivity contribution in [2.24, 2.45) is 5.92 Å². The third kappa shape index (κ3) is 6.10. The number of amides is 4. The van der Waals surface area contributed by atoms with E-state index in [-0.39, 0.29) is 23.9 Å². The number of nitrogens with one attached hydrogen (secondary N) is 2. The van der Waals surface area contributed by atoms with Crippen molar-refractivity contribution in [3.63, 3.8) is 0 Å². The maximum Gasteiger partial charge on any atom is 0.331 e. The molecule has 0 spiro atoms. The molecule has 2 aromatic heterocycles. The predicted molar refractivity (Wildman–Crippen MR) is 174 cm³/mol. The van der Waals surface area contributed by atoms with Gasteiger partial charge in [0.2, 0.25) is 0 Å². The Hall–Kier alpha value is -5.21. The number of nitrogens with zero attached hydrogens (tertiary/aromatic N) is 4. The van der Waals surface area contributed by atoms with Crippen LogP contribution in [0.25, 0.3) is 10.2 Å². The average Bonchev–Trinajstić information content (AvgIpc) is 3.79. The molecule has 0 saturated heterocycles. The molecule has 3 heterocycles. The van der Waals surface area contributed by atoms with Gasteiger partial charge in [0.1, 0.15) is 32.8 Å². The minimum Gasteiger partial charge on any atom is -0.457 e. The van der Waals surface area contributed by atoms with E-state index in [2.05, 4.69) is 15.6 Å². The number of carbonyl (C=O) groups is 3. The molecule has 6 rings (SSSR count). The molecule has 2 N–H and O–H groups in total. The molecule has 4 aromatic rings. The molecule has 228 valence electrons. The Bertz CT molecular complexity index is 1870. The summed E-state index contributed by atoms with van der Waals surface area (Å²) in [5.41, 5.74) is 2.66. The van der Waals surface area contributed by atoms with Gasteiger partial charge in [0.05, 0.1) is 22.4 Å². The van der Waals surface area contributed by atoms with Crippen molar-refractivity contribution in [1.82, 2.24) is 15.2 Å². The van der Waals surface area contributed by atoms with E-state index in [0.29, 0.717) is 56.1 Å². The topological polar surface area (TPSA) is 128 Å². The molecular weight excluding hydrogens is 588 g/mol. The molecule has 10 nitrogen and oxygen atoms in total. The Morgan fingerprint density at radius 1 is 1.20 bits per heavy atom. The van der Waals surface area contributed by atoms with Crippen molar-refractivity contribution < 1.29 is 19.1 Å². The summed E-state index contributed by atoms with van der Waals surface area (Å²) in [6, 6.07) is 17.9. The van der Waals surface area contributed by atoms with Crippen LogP contribution in [0, 0.1) is 24.2 Å². The standard InChI is InChI=1S/C34H32N6O4S/c1-4-39(33(42)23(18-35)16-22-11-12-22)19-21(3)37-31(41)30-29-28-26(14-15-36-32(28)45-30)40(34(43)38-29)27-17-25(13-10-20(27)2)44-24-8-6-5-7-9-24/h5-10,13-17,21-22H,4,11-12,19H2,1-3H3,(H,37,41)(H,38,43)/b23-16+. The van der Waals surface area contributed by atoms with E-state index in [4.69, 9.17) is 4.74 Å². The Kier molecular flexibility index (Phi) is 8.24. The number of urea groups is 1. The van der Waals surface area contributed by atoms with Crippen LogP contribution in [0.2, 0.25) is 0 Å². The predicted octanol–water partition coefficient (Wildman–Crippen LogP) is 6.91. The lowest BCUT2D eigenvalue weighted by molar-refractivity contribution is -0.126. The van der Waals surface area contributed by atoms with Crippen molar-refractivity contribution in [1.29, 1.82) is 5.26 Å². The first-order valence-electron chi connectivity index (χ1n) is 14.9. The highest BCUT2D eigenvalue weighted by Crippen LogP contribution is 2.46. The highest BCUT2D eigenvalue weighted by molar-refractivity contribution is 7.21. The largest absolute Gasteiger partial charge is 0.457 e. The van der Waals surface area contributed by atoms with Crippen LogP contribution < -0.4 is 20.3 Å². The molecule has 0 bridgehead atoms. The van der Waals surface area contributed by atoms with Gasteiger partial charge in [-0.2, -0.15) is 5.26 Å². The van der Waals surface area contributed by atoms with Crippen LogP contribution in [0.15, 0.2) is 72.4 Å². The summed E-state index contributed by atoms with van der Waals surface area (Å²) in [6.07, 6.45) is 5.36. The maximum atomic E-state index is 13.7. The van der Waals surface area contributed by atoms with E-state index in [1.807, 2.05) is 68.4 Å². The van der Waals surface area contributed by atoms with Crippen LogP contribution in [0.5, 0.6) is 11.5 Å². The molecule has 1 atom stereocenters. The molecule has 2 aromatic carbocycles. The lowest BCUT2D eigenvalue weighted by atomic mass is 10.1. The van der Waals surface area contributed by atoms with E-state index < -0.39 is 12.1 Å². The average molecular weight is 621 g/mol. The maximum absolute atomic E-state index is 13.7. The monoisotopic (exact) mass is 620 g/mol. The van der Waals surface area contributed by atoms with Gasteiger partial charge in [-0.1, -0.05) is 30.3 Å². The van der Waals surface area contributed by atoms with Gasteiger partial charge in [-0.25, -0.2) is 9.78 Å². The lowest BCUT2D eigenvalue weighted by Gasteiger charge is -2.30. The second-order valence-electron chi connectivity index (χ2n) is 11.2. The zero-order valence-corrected chi connectivity index (χ0v) is 26.0. The van der Waals surface area contributed by atoms with Crippen molar-refractivity contribution in [3.8, 4) is 17.6 Å². The number of aryl methyl sites for hydroxylation is 1. The Balaban J connectivity index is 1.25. The molecule has 1 aliphatic carbocycles. The normalized spacial score (nSPS) is 14.8. The number of benzene rings is 2. The van der Waals surface area contributed by atoms with Crippen molar-refractivity contribution in [2.45, 2.75) is 39.7 Å². The van der Waals surface area contributed by atoms with E-state index in [0.717, 1.165) is 18.4 Å². The number of pyridine rings is 1. The minimum absolute atomic E-state index is 0.144. The highest BCUT2D eigenvalue weighted by atomic mass is 32.1. The number of allylic oxidation sites excluding steroid dienone is 1. The first kappa shape index (κ1) is 29.8. The summed E-state index contributed by atoms with van der Waals surface area (Å²) in [5, 5.41) is 16.1. The quantitative estimate of drug-likeness (QED) is 0.147. The molecule has 1 unspecified atom stereocenters. The number of thiophene rings is 1. The first-order valence-corrected chi connectivity index (χ1v) is 15.7. The highest BCUT2D eigenvalue weighted by Gasteiger charge is 2.34. The van der Waals surface area contributed by atoms with E-state index in [1.165, 1.54) is 11.3 Å². The van der Waals surface area contributed by atoms with E-state index in [9.17, 15) is 19.6 Å². The van der Waals surface area contributed by atoms with Gasteiger partial charge < -0.3 is 20.3 Å². The molecule has 1 saturated carbocycles. The number of carbonyl (C=O) groups excluding carboxylic acids is 3. The van der Waals surface area contributed by atoms with Gasteiger partial charge in [0, 0.05) is 31.4 Å². The zero-order valence-electron chi connectivity index (χ0n) is 25.2. The van der Waals surface area contributed by atoms with E-state index in [1.54, 1.807) is 35.1 Å². The van der Waals surface area contributed by atoms with Gasteiger partial charge in [-0.15, -0.1) is 11.3 Å². The molecular formula is C34H32N6O4S. The summed E-state index contributed by atoms with van der Waals surface area (Å²) < 4.78 is 6.04. The number of para-hydroxylation sites is 1. The van der Waals surface area contributed by atoms with Gasteiger partial charge in [-0.3, -0.25) is 14.5 Å². The first-order chi connectivity index (χ1) is 21.8. The SMILES string of the molecule is CCN(CC(C)NC(=O)c1sc2nccc3c2c1NC(=O)N3c1cc(Oc2ccccc2)ccc1C)C(=O)/C(C#N)=C/C1CC1. The van der Waals surface area contributed by atoms with Crippen LogP contribution in [-0.4, -0.2) is 46.9 Å². The number of nitriles is 1. The lowest BCUT2D eigenvalue weighted by Crippen LogP contribution is -2.44. The second kappa shape index (κ2) is 12.4. The Labute approximate surface area is 264 Å².